The van der Waals surface area contributed by atoms with E-state index in [-0.39, 0.29) is 10.8 Å². The number of piperidine rings is 1. The van der Waals surface area contributed by atoms with Crippen LogP contribution in [0.4, 0.5) is 0 Å². The van der Waals surface area contributed by atoms with E-state index in [1.807, 2.05) is 0 Å². The molecule has 0 radical (unpaired) electrons. The van der Waals surface area contributed by atoms with Gasteiger partial charge in [0.1, 0.15) is 4.83 Å². The highest BCUT2D eigenvalue weighted by molar-refractivity contribution is 9.10. The van der Waals surface area contributed by atoms with E-state index in [0.29, 0.717) is 0 Å². The van der Waals surface area contributed by atoms with Gasteiger partial charge in [-0.1, -0.05) is 29.8 Å². The maximum absolute atomic E-state index is 11.3. The third-order valence-electron chi connectivity index (χ3n) is 3.45. The molecule has 1 aliphatic rings. The van der Waals surface area contributed by atoms with Gasteiger partial charge in [0.05, 0.1) is 7.11 Å². The van der Waals surface area contributed by atoms with Crippen molar-refractivity contribution in [2.24, 2.45) is 11.8 Å². The van der Waals surface area contributed by atoms with Crippen LogP contribution in [-0.2, 0) is 9.53 Å². The van der Waals surface area contributed by atoms with Crippen LogP contribution in [0.5, 0.6) is 0 Å². The smallest absolute Gasteiger partial charge is 0.320 e. The van der Waals surface area contributed by atoms with Crippen LogP contribution in [0.15, 0.2) is 0 Å². The molecule has 0 saturated carbocycles. The number of carbonyl (C=O) groups is 1. The number of alkyl halides is 1. The molecule has 0 aromatic carbocycles. The van der Waals surface area contributed by atoms with Gasteiger partial charge in [0.2, 0.25) is 0 Å². The molecule has 1 heterocycles. The van der Waals surface area contributed by atoms with Crippen molar-refractivity contribution >= 4 is 21.9 Å². The molecule has 0 aliphatic carbocycles. The zero-order valence-corrected chi connectivity index (χ0v) is 12.0. The first-order valence-corrected chi connectivity index (χ1v) is 6.90. The van der Waals surface area contributed by atoms with Crippen molar-refractivity contribution in [3.05, 3.63) is 0 Å². The zero-order valence-electron chi connectivity index (χ0n) is 10.4. The van der Waals surface area contributed by atoms with Gasteiger partial charge in [-0.25, -0.2) is 0 Å². The molecule has 1 atom stereocenters. The summed E-state index contributed by atoms with van der Waals surface area (Å²) in [5.74, 6) is 1.46. The molecule has 1 unspecified atom stereocenters. The Bertz CT molecular complexity index is 225. The third-order valence-corrected chi connectivity index (χ3v) is 4.11. The predicted molar refractivity (Wildman–Crippen MR) is 68.7 cm³/mol. The topological polar surface area (TPSA) is 29.5 Å². The lowest BCUT2D eigenvalue weighted by Crippen LogP contribution is -2.40. The molecular formula is C12H22BrNO2. The van der Waals surface area contributed by atoms with E-state index in [0.717, 1.165) is 31.5 Å². The van der Waals surface area contributed by atoms with Crippen molar-refractivity contribution in [2.75, 3.05) is 26.7 Å². The van der Waals surface area contributed by atoms with Crippen molar-refractivity contribution in [3.63, 3.8) is 0 Å². The van der Waals surface area contributed by atoms with Gasteiger partial charge in [-0.15, -0.1) is 0 Å². The number of carbonyl (C=O) groups excluding carboxylic acids is 1. The van der Waals surface area contributed by atoms with E-state index < -0.39 is 0 Å². The second kappa shape index (κ2) is 6.60. The number of hydrogen-bond acceptors (Lipinski definition) is 3. The van der Waals surface area contributed by atoms with Gasteiger partial charge in [0.15, 0.2) is 0 Å². The van der Waals surface area contributed by atoms with Crippen LogP contribution in [0.2, 0.25) is 0 Å². The molecule has 4 heteroatoms. The highest BCUT2D eigenvalue weighted by atomic mass is 79.9. The molecule has 1 fully saturated rings. The molecule has 94 valence electrons. The fraction of sp³-hybridized carbons (Fsp3) is 0.917. The lowest BCUT2D eigenvalue weighted by molar-refractivity contribution is -0.140. The minimum absolute atomic E-state index is 0.175. The monoisotopic (exact) mass is 291 g/mol. The Hall–Kier alpha value is -0.0900. The minimum atomic E-state index is -0.187. The molecule has 1 rings (SSSR count). The van der Waals surface area contributed by atoms with E-state index in [1.165, 1.54) is 20.0 Å². The molecule has 1 aliphatic heterocycles. The number of rotatable bonds is 4. The number of methoxy groups -OCH3 is 1. The fourth-order valence-electron chi connectivity index (χ4n) is 2.23. The zero-order chi connectivity index (χ0) is 12.1. The first-order chi connectivity index (χ1) is 7.54. The summed E-state index contributed by atoms with van der Waals surface area (Å²) in [6, 6.07) is 0. The van der Waals surface area contributed by atoms with Crippen molar-refractivity contribution < 1.29 is 9.53 Å². The number of likely N-dealkylation sites (tertiary alicyclic amines) is 1. The Morgan fingerprint density at radius 3 is 2.44 bits per heavy atom. The second-order valence-corrected chi connectivity index (χ2v) is 5.98. The standard InChI is InChI=1S/C12H22BrNO2/c1-9(2)10-4-6-14(7-5-10)8-11(13)12(15)16-3/h9-11H,4-8H2,1-3H3. The normalized spacial score (nSPS) is 21.1. The number of ether oxygens (including phenoxy) is 1. The first-order valence-electron chi connectivity index (χ1n) is 5.98. The molecule has 0 N–H and O–H groups in total. The van der Waals surface area contributed by atoms with E-state index in [9.17, 15) is 4.79 Å². The predicted octanol–water partition coefficient (Wildman–Crippen LogP) is 2.29. The highest BCUT2D eigenvalue weighted by Crippen LogP contribution is 2.24. The summed E-state index contributed by atoms with van der Waals surface area (Å²) in [7, 11) is 1.43. The lowest BCUT2D eigenvalue weighted by Gasteiger charge is -2.34. The van der Waals surface area contributed by atoms with Gasteiger partial charge in [-0.3, -0.25) is 4.79 Å². The molecule has 0 aromatic rings. The van der Waals surface area contributed by atoms with Gasteiger partial charge in [0.25, 0.3) is 0 Å². The Morgan fingerprint density at radius 1 is 1.44 bits per heavy atom. The summed E-state index contributed by atoms with van der Waals surface area (Å²) in [5.41, 5.74) is 0. The van der Waals surface area contributed by atoms with Crippen LogP contribution in [0.25, 0.3) is 0 Å². The minimum Gasteiger partial charge on any atom is -0.468 e. The third kappa shape index (κ3) is 4.06. The number of halogens is 1. The Balaban J connectivity index is 2.29. The summed E-state index contributed by atoms with van der Waals surface area (Å²) in [6.07, 6.45) is 2.50. The number of hydrogen-bond donors (Lipinski definition) is 0. The average Bonchev–Trinajstić information content (AvgIpc) is 2.28. The van der Waals surface area contributed by atoms with Gasteiger partial charge >= 0.3 is 5.97 Å². The first kappa shape index (κ1) is 14.0. The van der Waals surface area contributed by atoms with Crippen molar-refractivity contribution in [1.29, 1.82) is 0 Å². The summed E-state index contributed by atoms with van der Waals surface area (Å²) in [5, 5.41) is 0. The van der Waals surface area contributed by atoms with Crippen LogP contribution < -0.4 is 0 Å². The molecule has 0 amide bonds. The Morgan fingerprint density at radius 2 is 2.00 bits per heavy atom. The van der Waals surface area contributed by atoms with Crippen LogP contribution in [-0.4, -0.2) is 42.4 Å². The summed E-state index contributed by atoms with van der Waals surface area (Å²) in [6.45, 7) is 7.55. The highest BCUT2D eigenvalue weighted by Gasteiger charge is 2.25. The van der Waals surface area contributed by atoms with Gasteiger partial charge in [-0.2, -0.15) is 0 Å². The quantitative estimate of drug-likeness (QED) is 0.588. The largest absolute Gasteiger partial charge is 0.468 e. The number of nitrogens with zero attached hydrogens (tertiary/aromatic N) is 1. The van der Waals surface area contributed by atoms with E-state index in [2.05, 4.69) is 34.7 Å². The van der Waals surface area contributed by atoms with Crippen LogP contribution in [0.1, 0.15) is 26.7 Å². The number of esters is 1. The second-order valence-electron chi connectivity index (χ2n) is 4.87. The molecule has 0 bridgehead atoms. The van der Waals surface area contributed by atoms with Crippen molar-refractivity contribution in [1.82, 2.24) is 4.90 Å². The maximum Gasteiger partial charge on any atom is 0.320 e. The lowest BCUT2D eigenvalue weighted by atomic mass is 9.87. The maximum atomic E-state index is 11.3. The molecule has 3 nitrogen and oxygen atoms in total. The SMILES string of the molecule is COC(=O)C(Br)CN1CCC(C(C)C)CC1. The summed E-state index contributed by atoms with van der Waals surface area (Å²) >= 11 is 3.37. The molecule has 1 saturated heterocycles. The van der Waals surface area contributed by atoms with Crippen LogP contribution >= 0.6 is 15.9 Å². The Labute approximate surface area is 107 Å². The van der Waals surface area contributed by atoms with Crippen LogP contribution in [0.3, 0.4) is 0 Å². The van der Waals surface area contributed by atoms with E-state index >= 15 is 0 Å². The Kier molecular flexibility index (Phi) is 5.76. The van der Waals surface area contributed by atoms with E-state index in [4.69, 9.17) is 4.74 Å². The van der Waals surface area contributed by atoms with Gasteiger partial charge in [-0.05, 0) is 37.8 Å². The summed E-state index contributed by atoms with van der Waals surface area (Å²) < 4.78 is 4.70. The molecule has 0 spiro atoms. The van der Waals surface area contributed by atoms with Crippen molar-refractivity contribution in [3.8, 4) is 0 Å². The van der Waals surface area contributed by atoms with Crippen LogP contribution in [0, 0.1) is 11.8 Å². The van der Waals surface area contributed by atoms with Gasteiger partial charge < -0.3 is 9.64 Å². The molecule has 0 aromatic heterocycles. The van der Waals surface area contributed by atoms with E-state index in [1.54, 1.807) is 0 Å². The summed E-state index contributed by atoms with van der Waals surface area (Å²) in [4.78, 5) is 13.4. The van der Waals surface area contributed by atoms with Gasteiger partial charge in [0, 0.05) is 6.54 Å². The fourth-order valence-corrected chi connectivity index (χ4v) is 2.83. The molecule has 16 heavy (non-hydrogen) atoms. The average molecular weight is 292 g/mol. The molecular weight excluding hydrogens is 270 g/mol. The van der Waals surface area contributed by atoms with Crippen molar-refractivity contribution in [2.45, 2.75) is 31.5 Å².